The Hall–Kier alpha value is 0.840. The zero-order valence-electron chi connectivity index (χ0n) is 9.50. The molecule has 98 valence electrons. The van der Waals surface area contributed by atoms with Crippen LogP contribution in [0.1, 0.15) is 23.2 Å². The Kier molecular flexibility index (Phi) is 5.52. The molecule has 1 atom stereocenters. The van der Waals surface area contributed by atoms with Crippen molar-refractivity contribution in [3.8, 4) is 0 Å². The van der Waals surface area contributed by atoms with E-state index in [9.17, 15) is 9.90 Å². The molecule has 0 radical (unpaired) electrons. The minimum Gasteiger partial charge on any atom is -0.394 e. The molecule has 3 nitrogen and oxygen atoms in total. The van der Waals surface area contributed by atoms with Gasteiger partial charge in [0, 0.05) is 17.3 Å². The lowest BCUT2D eigenvalue weighted by molar-refractivity contribution is 0.0676. The summed E-state index contributed by atoms with van der Waals surface area (Å²) in [5.74, 6) is 0.0485. The van der Waals surface area contributed by atoms with Crippen LogP contribution < -0.4 is 0 Å². The van der Waals surface area contributed by atoms with Gasteiger partial charge in [-0.2, -0.15) is 0 Å². The Morgan fingerprint density at radius 2 is 2.11 bits per heavy atom. The maximum atomic E-state index is 12.5. The van der Waals surface area contributed by atoms with Gasteiger partial charge in [-0.1, -0.05) is 0 Å². The summed E-state index contributed by atoms with van der Waals surface area (Å²) in [6, 6.07) is 3.98. The van der Waals surface area contributed by atoms with Crippen molar-refractivity contribution in [2.24, 2.45) is 0 Å². The molecule has 1 saturated heterocycles. The predicted molar refractivity (Wildman–Crippen MR) is 95.7 cm³/mol. The molecule has 1 fully saturated rings. The van der Waals surface area contributed by atoms with Gasteiger partial charge in [-0.25, -0.2) is 0 Å². The molecule has 1 N–H and O–H groups in total. The summed E-state index contributed by atoms with van der Waals surface area (Å²) in [6.45, 7) is 0.811. The molecule has 0 bridgehead atoms. The molecule has 18 heavy (non-hydrogen) atoms. The molecule has 6 heteroatoms. The number of nitrogens with zero attached hydrogens (tertiary/aromatic N) is 1. The normalized spacial score (nSPS) is 19.3. The summed E-state index contributed by atoms with van der Waals surface area (Å²) in [5, 5.41) is 9.31. The smallest absolute Gasteiger partial charge is 0.255 e. The van der Waals surface area contributed by atoms with Crippen LogP contribution in [-0.4, -0.2) is 35.1 Å². The molecular weight excluding hydrogens is 571 g/mol. The Morgan fingerprint density at radius 3 is 2.78 bits per heavy atom. The van der Waals surface area contributed by atoms with E-state index in [0.717, 1.165) is 35.7 Å². The lowest BCUT2D eigenvalue weighted by Gasteiger charge is -2.24. The monoisotopic (exact) mass is 583 g/mol. The van der Waals surface area contributed by atoms with Crippen molar-refractivity contribution in [3.63, 3.8) is 0 Å². The second-order valence-electron chi connectivity index (χ2n) is 4.23. The van der Waals surface area contributed by atoms with Gasteiger partial charge < -0.3 is 10.0 Å². The number of likely N-dealkylation sites (tertiary alicyclic amines) is 1. The van der Waals surface area contributed by atoms with Gasteiger partial charge in [0.1, 0.15) is 0 Å². The summed E-state index contributed by atoms with van der Waals surface area (Å²) in [6.07, 6.45) is 1.88. The second-order valence-corrected chi connectivity index (χ2v) is 7.71. The number of benzene rings is 1. The zero-order chi connectivity index (χ0) is 13.3. The van der Waals surface area contributed by atoms with E-state index in [0.29, 0.717) is 0 Å². The van der Waals surface area contributed by atoms with E-state index in [-0.39, 0.29) is 18.6 Å². The van der Waals surface area contributed by atoms with Crippen molar-refractivity contribution >= 4 is 73.7 Å². The maximum Gasteiger partial charge on any atom is 0.255 e. The second kappa shape index (κ2) is 6.53. The number of hydrogen-bond acceptors (Lipinski definition) is 2. The van der Waals surface area contributed by atoms with Crippen LogP contribution in [0.15, 0.2) is 12.1 Å². The third kappa shape index (κ3) is 3.11. The number of aliphatic hydroxyl groups excluding tert-OH is 1. The van der Waals surface area contributed by atoms with E-state index < -0.39 is 0 Å². The molecule has 2 rings (SSSR count). The average molecular weight is 583 g/mol. The summed E-state index contributed by atoms with van der Waals surface area (Å²) < 4.78 is 3.17. The third-order valence-electron chi connectivity index (χ3n) is 3.07. The zero-order valence-corrected chi connectivity index (χ0v) is 16.0. The van der Waals surface area contributed by atoms with Gasteiger partial charge >= 0.3 is 0 Å². The fraction of sp³-hybridized carbons (Fsp3) is 0.417. The topological polar surface area (TPSA) is 40.5 Å². The molecule has 0 aliphatic carbocycles. The van der Waals surface area contributed by atoms with Crippen LogP contribution in [-0.2, 0) is 0 Å². The first-order valence-corrected chi connectivity index (χ1v) is 8.84. The van der Waals surface area contributed by atoms with Crippen LogP contribution in [0, 0.1) is 10.7 Å². The highest BCUT2D eigenvalue weighted by atomic mass is 127. The van der Waals surface area contributed by atoms with Crippen LogP contribution in [0.4, 0.5) is 0 Å². The van der Waals surface area contributed by atoms with Crippen LogP contribution in [0.5, 0.6) is 0 Å². The van der Waals surface area contributed by atoms with Gasteiger partial charge in [0.05, 0.1) is 18.2 Å². The molecule has 1 aromatic rings. The standard InChI is InChI=1S/C12H12I3NO2/c13-7-4-9(11(15)10(14)5-7)12(18)16-3-1-2-8(16)6-17/h4-5,8,17H,1-3,6H2. The van der Waals surface area contributed by atoms with Gasteiger partial charge in [0.2, 0.25) is 0 Å². The number of halogens is 3. The summed E-state index contributed by atoms with van der Waals surface area (Å²) in [7, 11) is 0. The van der Waals surface area contributed by atoms with Gasteiger partial charge in [0.15, 0.2) is 0 Å². The Labute approximate surface area is 147 Å². The number of carbonyl (C=O) groups is 1. The van der Waals surface area contributed by atoms with Crippen molar-refractivity contribution in [2.75, 3.05) is 13.2 Å². The van der Waals surface area contributed by atoms with Crippen LogP contribution in [0.3, 0.4) is 0 Å². The molecular formula is C12H12I3NO2. The number of rotatable bonds is 2. The van der Waals surface area contributed by atoms with Crippen molar-refractivity contribution in [1.29, 1.82) is 0 Å². The molecule has 1 aliphatic heterocycles. The molecule has 1 aliphatic rings. The average Bonchev–Trinajstić information content (AvgIpc) is 2.81. The molecule has 0 spiro atoms. The van der Waals surface area contributed by atoms with Gasteiger partial charge in [-0.3, -0.25) is 4.79 Å². The quantitative estimate of drug-likeness (QED) is 0.430. The highest BCUT2D eigenvalue weighted by Crippen LogP contribution is 2.26. The molecule has 1 amide bonds. The Morgan fingerprint density at radius 1 is 1.39 bits per heavy atom. The van der Waals surface area contributed by atoms with Crippen molar-refractivity contribution < 1.29 is 9.90 Å². The fourth-order valence-corrected chi connectivity index (χ4v) is 4.55. The number of carbonyl (C=O) groups excluding carboxylic acids is 1. The minimum atomic E-state index is -0.0103. The Balaban J connectivity index is 2.34. The van der Waals surface area contributed by atoms with Gasteiger partial charge in [0.25, 0.3) is 5.91 Å². The first-order chi connectivity index (χ1) is 8.54. The van der Waals surface area contributed by atoms with E-state index in [2.05, 4.69) is 73.8 Å². The molecule has 0 aromatic heterocycles. The van der Waals surface area contributed by atoms with Crippen LogP contribution >= 0.6 is 67.8 Å². The summed E-state index contributed by atoms with van der Waals surface area (Å²) in [5.41, 5.74) is 0.757. The Bertz CT molecular complexity index is 479. The van der Waals surface area contributed by atoms with Gasteiger partial charge in [-0.05, 0) is 92.7 Å². The van der Waals surface area contributed by atoms with Crippen molar-refractivity contribution in [3.05, 3.63) is 28.4 Å². The SMILES string of the molecule is O=C(c1cc(I)cc(I)c1I)N1CCCC1CO. The minimum absolute atomic E-state index is 0.0103. The predicted octanol–water partition coefficient (Wildman–Crippen LogP) is 3.10. The van der Waals surface area contributed by atoms with Crippen molar-refractivity contribution in [2.45, 2.75) is 18.9 Å². The molecule has 1 unspecified atom stereocenters. The molecule has 0 saturated carbocycles. The van der Waals surface area contributed by atoms with E-state index in [4.69, 9.17) is 0 Å². The van der Waals surface area contributed by atoms with E-state index in [1.54, 1.807) is 0 Å². The van der Waals surface area contributed by atoms with E-state index >= 15 is 0 Å². The first kappa shape index (κ1) is 15.2. The van der Waals surface area contributed by atoms with Crippen LogP contribution in [0.25, 0.3) is 0 Å². The van der Waals surface area contributed by atoms with E-state index in [1.165, 1.54) is 0 Å². The van der Waals surface area contributed by atoms with Gasteiger partial charge in [-0.15, -0.1) is 0 Å². The number of amides is 1. The molecule has 1 heterocycles. The number of aliphatic hydroxyl groups is 1. The lowest BCUT2D eigenvalue weighted by atomic mass is 10.2. The van der Waals surface area contributed by atoms with E-state index in [1.807, 2.05) is 11.0 Å². The lowest BCUT2D eigenvalue weighted by Crippen LogP contribution is -2.38. The number of hydrogen-bond donors (Lipinski definition) is 1. The van der Waals surface area contributed by atoms with Crippen LogP contribution in [0.2, 0.25) is 0 Å². The largest absolute Gasteiger partial charge is 0.394 e. The highest BCUT2D eigenvalue weighted by Gasteiger charge is 2.30. The summed E-state index contributed by atoms with van der Waals surface area (Å²) in [4.78, 5) is 14.4. The third-order valence-corrected chi connectivity index (χ3v) is 6.74. The van der Waals surface area contributed by atoms with Crippen molar-refractivity contribution in [1.82, 2.24) is 4.90 Å². The summed E-state index contributed by atoms with van der Waals surface area (Å²) >= 11 is 6.71. The highest BCUT2D eigenvalue weighted by molar-refractivity contribution is 14.1. The first-order valence-electron chi connectivity index (χ1n) is 5.61. The molecule has 1 aromatic carbocycles. The maximum absolute atomic E-state index is 12.5. The fourth-order valence-electron chi connectivity index (χ4n) is 2.16.